The minimum Gasteiger partial charge on any atom is -0.398 e. The Hall–Kier alpha value is -1.82. The number of anilines is 1. The number of nitrogen functional groups attached to an aromatic ring is 1. The molecule has 0 aliphatic rings. The molecule has 0 bridgehead atoms. The molecule has 1 aromatic carbocycles. The van der Waals surface area contributed by atoms with Gasteiger partial charge in [0, 0.05) is 23.7 Å². The Labute approximate surface area is 101 Å². The van der Waals surface area contributed by atoms with Gasteiger partial charge >= 0.3 is 0 Å². The van der Waals surface area contributed by atoms with Gasteiger partial charge in [-0.05, 0) is 17.7 Å². The largest absolute Gasteiger partial charge is 0.398 e. The summed E-state index contributed by atoms with van der Waals surface area (Å²) in [7, 11) is 0. The van der Waals surface area contributed by atoms with Gasteiger partial charge in [-0.25, -0.2) is 9.37 Å². The number of benzene rings is 1. The van der Waals surface area contributed by atoms with Crippen LogP contribution in [0.1, 0.15) is 5.56 Å². The van der Waals surface area contributed by atoms with Crippen molar-refractivity contribution in [1.29, 1.82) is 0 Å². The second kappa shape index (κ2) is 5.01. The van der Waals surface area contributed by atoms with E-state index in [1.165, 1.54) is 36.2 Å². The predicted octanol–water partition coefficient (Wildman–Crippen LogP) is 1.78. The van der Waals surface area contributed by atoms with Gasteiger partial charge in [-0.1, -0.05) is 17.8 Å². The van der Waals surface area contributed by atoms with E-state index in [9.17, 15) is 9.18 Å². The normalized spacial score (nSPS) is 10.4. The number of nitrogens with zero attached hydrogens (tertiary/aromatic N) is 1. The van der Waals surface area contributed by atoms with Gasteiger partial charge in [-0.15, -0.1) is 0 Å². The number of hydrogen-bond donors (Lipinski definition) is 2. The fourth-order valence-corrected chi connectivity index (χ4v) is 2.13. The molecule has 0 saturated heterocycles. The van der Waals surface area contributed by atoms with Crippen LogP contribution in [0.5, 0.6) is 0 Å². The molecule has 2 aromatic rings. The third kappa shape index (κ3) is 3.07. The summed E-state index contributed by atoms with van der Waals surface area (Å²) in [6.45, 7) is 0. The average Bonchev–Trinajstić information content (AvgIpc) is 2.28. The molecule has 17 heavy (non-hydrogen) atoms. The minimum absolute atomic E-state index is 0.199. The lowest BCUT2D eigenvalue weighted by Gasteiger charge is -2.04. The third-order valence-electron chi connectivity index (χ3n) is 2.12. The first-order valence-electron chi connectivity index (χ1n) is 4.87. The molecule has 0 saturated carbocycles. The summed E-state index contributed by atoms with van der Waals surface area (Å²) in [6.07, 6.45) is 1.44. The standard InChI is InChI=1S/C11H10FN3OS/c12-8-2-1-7(9(13)5-8)6-17-11-14-4-3-10(16)15-11/h1-5H,6,13H2,(H,14,15,16). The van der Waals surface area contributed by atoms with Gasteiger partial charge in [-0.3, -0.25) is 4.79 Å². The Morgan fingerprint density at radius 1 is 1.41 bits per heavy atom. The second-order valence-electron chi connectivity index (χ2n) is 3.37. The zero-order chi connectivity index (χ0) is 12.3. The van der Waals surface area contributed by atoms with Crippen molar-refractivity contribution < 1.29 is 4.39 Å². The van der Waals surface area contributed by atoms with E-state index in [0.717, 1.165) is 5.56 Å². The van der Waals surface area contributed by atoms with Crippen LogP contribution in [0.4, 0.5) is 10.1 Å². The number of halogens is 1. The van der Waals surface area contributed by atoms with Crippen molar-refractivity contribution >= 4 is 17.4 Å². The molecular formula is C11H10FN3OS. The van der Waals surface area contributed by atoms with Gasteiger partial charge in [-0.2, -0.15) is 0 Å². The highest BCUT2D eigenvalue weighted by Gasteiger charge is 2.03. The Kier molecular flexibility index (Phi) is 3.43. The maximum Gasteiger partial charge on any atom is 0.251 e. The number of aromatic nitrogens is 2. The molecule has 0 spiro atoms. The summed E-state index contributed by atoms with van der Waals surface area (Å²) >= 11 is 1.34. The highest BCUT2D eigenvalue weighted by atomic mass is 32.2. The highest BCUT2D eigenvalue weighted by Crippen LogP contribution is 2.22. The summed E-state index contributed by atoms with van der Waals surface area (Å²) in [4.78, 5) is 17.6. The quantitative estimate of drug-likeness (QED) is 0.495. The fourth-order valence-electron chi connectivity index (χ4n) is 1.27. The fraction of sp³-hybridized carbons (Fsp3) is 0.0909. The Bertz CT molecular complexity index is 585. The van der Waals surface area contributed by atoms with Gasteiger partial charge in [0.2, 0.25) is 0 Å². The number of rotatable bonds is 3. The molecule has 0 aliphatic heterocycles. The number of nitrogens with two attached hydrogens (primary N) is 1. The van der Waals surface area contributed by atoms with Crippen LogP contribution < -0.4 is 11.3 Å². The van der Waals surface area contributed by atoms with Gasteiger partial charge < -0.3 is 10.7 Å². The van der Waals surface area contributed by atoms with Crippen LogP contribution in [-0.2, 0) is 5.75 Å². The number of aromatic amines is 1. The van der Waals surface area contributed by atoms with Gasteiger partial charge in [0.05, 0.1) is 0 Å². The SMILES string of the molecule is Nc1cc(F)ccc1CSc1nccc(=O)[nH]1. The topological polar surface area (TPSA) is 71.8 Å². The summed E-state index contributed by atoms with van der Waals surface area (Å²) < 4.78 is 12.8. The molecule has 2 rings (SSSR count). The molecule has 88 valence electrons. The Morgan fingerprint density at radius 3 is 2.94 bits per heavy atom. The molecule has 0 radical (unpaired) electrons. The highest BCUT2D eigenvalue weighted by molar-refractivity contribution is 7.98. The first-order valence-corrected chi connectivity index (χ1v) is 5.86. The smallest absolute Gasteiger partial charge is 0.251 e. The maximum absolute atomic E-state index is 12.8. The van der Waals surface area contributed by atoms with Crippen molar-refractivity contribution in [1.82, 2.24) is 9.97 Å². The molecule has 0 aliphatic carbocycles. The summed E-state index contributed by atoms with van der Waals surface area (Å²) in [5, 5.41) is 0.515. The van der Waals surface area contributed by atoms with E-state index in [0.29, 0.717) is 16.6 Å². The monoisotopic (exact) mass is 251 g/mol. The molecule has 1 aromatic heterocycles. The van der Waals surface area contributed by atoms with Crippen LogP contribution >= 0.6 is 11.8 Å². The van der Waals surface area contributed by atoms with E-state index in [1.54, 1.807) is 6.07 Å². The van der Waals surface area contributed by atoms with Gasteiger partial charge in [0.15, 0.2) is 5.16 Å². The van der Waals surface area contributed by atoms with Gasteiger partial charge in [0.25, 0.3) is 5.56 Å². The van der Waals surface area contributed by atoms with E-state index < -0.39 is 0 Å². The molecule has 6 heteroatoms. The Morgan fingerprint density at radius 2 is 2.24 bits per heavy atom. The van der Waals surface area contributed by atoms with Crippen LogP contribution in [-0.4, -0.2) is 9.97 Å². The molecule has 3 N–H and O–H groups in total. The van der Waals surface area contributed by atoms with E-state index in [1.807, 2.05) is 0 Å². The average molecular weight is 251 g/mol. The first-order chi connectivity index (χ1) is 8.15. The number of hydrogen-bond acceptors (Lipinski definition) is 4. The van der Waals surface area contributed by atoms with E-state index in [-0.39, 0.29) is 11.4 Å². The zero-order valence-corrected chi connectivity index (χ0v) is 9.63. The van der Waals surface area contributed by atoms with Crippen molar-refractivity contribution in [2.75, 3.05) is 5.73 Å². The van der Waals surface area contributed by atoms with Crippen LogP contribution in [0.15, 0.2) is 40.4 Å². The minimum atomic E-state index is -0.359. The van der Waals surface area contributed by atoms with Crippen LogP contribution in [0.25, 0.3) is 0 Å². The lowest BCUT2D eigenvalue weighted by Crippen LogP contribution is -2.05. The Balaban J connectivity index is 2.10. The van der Waals surface area contributed by atoms with E-state index in [4.69, 9.17) is 5.73 Å². The number of thioether (sulfide) groups is 1. The van der Waals surface area contributed by atoms with Crippen LogP contribution in [0.2, 0.25) is 0 Å². The molecule has 4 nitrogen and oxygen atoms in total. The molecular weight excluding hydrogens is 241 g/mol. The van der Waals surface area contributed by atoms with Crippen molar-refractivity contribution in [3.05, 3.63) is 52.2 Å². The summed E-state index contributed by atoms with van der Waals surface area (Å²) in [6, 6.07) is 5.60. The first kappa shape index (κ1) is 11.7. The van der Waals surface area contributed by atoms with Gasteiger partial charge in [0.1, 0.15) is 5.82 Å². The summed E-state index contributed by atoms with van der Waals surface area (Å²) in [5.74, 6) is 0.168. The predicted molar refractivity (Wildman–Crippen MR) is 65.2 cm³/mol. The molecule has 0 amide bonds. The second-order valence-corrected chi connectivity index (χ2v) is 4.34. The zero-order valence-electron chi connectivity index (χ0n) is 8.81. The maximum atomic E-state index is 12.8. The molecule has 0 fully saturated rings. The van der Waals surface area contributed by atoms with E-state index >= 15 is 0 Å². The lowest BCUT2D eigenvalue weighted by atomic mass is 10.2. The van der Waals surface area contributed by atoms with Crippen molar-refractivity contribution in [3.63, 3.8) is 0 Å². The third-order valence-corrected chi connectivity index (χ3v) is 3.06. The van der Waals surface area contributed by atoms with Crippen LogP contribution in [0.3, 0.4) is 0 Å². The number of nitrogens with one attached hydrogen (secondary N) is 1. The van der Waals surface area contributed by atoms with Crippen LogP contribution in [0, 0.1) is 5.82 Å². The van der Waals surface area contributed by atoms with E-state index in [2.05, 4.69) is 9.97 Å². The molecule has 1 heterocycles. The summed E-state index contributed by atoms with van der Waals surface area (Å²) in [5.41, 5.74) is 6.68. The van der Waals surface area contributed by atoms with Crippen molar-refractivity contribution in [2.24, 2.45) is 0 Å². The lowest BCUT2D eigenvalue weighted by molar-refractivity contribution is 0.628. The van der Waals surface area contributed by atoms with Crippen molar-refractivity contribution in [2.45, 2.75) is 10.9 Å². The molecule has 0 unspecified atom stereocenters. The molecule has 0 atom stereocenters. The van der Waals surface area contributed by atoms with Crippen molar-refractivity contribution in [3.8, 4) is 0 Å². The number of H-pyrrole nitrogens is 1.